The Morgan fingerprint density at radius 3 is 2.91 bits per heavy atom. The standard InChI is InChI=1S/C17H24N4OS/c22-14-5-10-21(11-6-14)9-3-7-18-12-15-13-20-17(23-15)16-4-1-2-8-19-16/h1-2,4,8,13-14,18,22H,3,5-7,9-12H2. The predicted octanol–water partition coefficient (Wildman–Crippen LogP) is 2.14. The summed E-state index contributed by atoms with van der Waals surface area (Å²) < 4.78 is 0. The fourth-order valence-electron chi connectivity index (χ4n) is 2.78. The van der Waals surface area contributed by atoms with E-state index >= 15 is 0 Å². The molecule has 0 amide bonds. The summed E-state index contributed by atoms with van der Waals surface area (Å²) in [5.41, 5.74) is 0.941. The van der Waals surface area contributed by atoms with Gasteiger partial charge < -0.3 is 15.3 Å². The Kier molecular flexibility index (Phi) is 6.10. The highest BCUT2D eigenvalue weighted by atomic mass is 32.1. The Hall–Kier alpha value is -1.34. The van der Waals surface area contributed by atoms with Gasteiger partial charge in [0.1, 0.15) is 5.01 Å². The minimum Gasteiger partial charge on any atom is -0.393 e. The summed E-state index contributed by atoms with van der Waals surface area (Å²) in [5, 5.41) is 14.0. The van der Waals surface area contributed by atoms with E-state index in [0.717, 1.165) is 62.7 Å². The van der Waals surface area contributed by atoms with Crippen molar-refractivity contribution in [3.8, 4) is 10.7 Å². The maximum absolute atomic E-state index is 9.50. The van der Waals surface area contributed by atoms with Crippen molar-refractivity contribution in [3.05, 3.63) is 35.5 Å². The number of thiazole rings is 1. The van der Waals surface area contributed by atoms with Gasteiger partial charge in [0.2, 0.25) is 0 Å². The molecule has 0 saturated carbocycles. The van der Waals surface area contributed by atoms with E-state index in [0.29, 0.717) is 0 Å². The van der Waals surface area contributed by atoms with Crippen LogP contribution in [-0.4, -0.2) is 52.3 Å². The summed E-state index contributed by atoms with van der Waals surface area (Å²) in [4.78, 5) is 12.5. The molecule has 1 fully saturated rings. The molecule has 0 radical (unpaired) electrons. The average molecular weight is 332 g/mol. The average Bonchev–Trinajstić information content (AvgIpc) is 3.06. The first-order valence-corrected chi connectivity index (χ1v) is 9.10. The van der Waals surface area contributed by atoms with Crippen molar-refractivity contribution in [2.75, 3.05) is 26.2 Å². The summed E-state index contributed by atoms with van der Waals surface area (Å²) in [5.74, 6) is 0. The first-order chi connectivity index (χ1) is 11.3. The van der Waals surface area contributed by atoms with Crippen LogP contribution in [-0.2, 0) is 6.54 Å². The van der Waals surface area contributed by atoms with Crippen LogP contribution in [0.1, 0.15) is 24.1 Å². The van der Waals surface area contributed by atoms with Crippen LogP contribution in [0.3, 0.4) is 0 Å². The molecule has 6 heteroatoms. The molecule has 0 aliphatic carbocycles. The van der Waals surface area contributed by atoms with E-state index in [1.807, 2.05) is 24.4 Å². The minimum absolute atomic E-state index is 0.0796. The van der Waals surface area contributed by atoms with Gasteiger partial charge in [-0.1, -0.05) is 6.07 Å². The fourth-order valence-corrected chi connectivity index (χ4v) is 3.64. The smallest absolute Gasteiger partial charge is 0.142 e. The number of pyridine rings is 1. The van der Waals surface area contributed by atoms with Crippen molar-refractivity contribution < 1.29 is 5.11 Å². The molecule has 5 nitrogen and oxygen atoms in total. The van der Waals surface area contributed by atoms with Gasteiger partial charge in [-0.2, -0.15) is 0 Å². The Morgan fingerprint density at radius 1 is 1.26 bits per heavy atom. The van der Waals surface area contributed by atoms with E-state index in [2.05, 4.69) is 20.2 Å². The van der Waals surface area contributed by atoms with Crippen LogP contribution < -0.4 is 5.32 Å². The first-order valence-electron chi connectivity index (χ1n) is 8.28. The molecule has 1 aliphatic heterocycles. The van der Waals surface area contributed by atoms with Crippen molar-refractivity contribution in [2.45, 2.75) is 31.9 Å². The number of nitrogens with one attached hydrogen (secondary N) is 1. The van der Waals surface area contributed by atoms with Crippen LogP contribution in [0.15, 0.2) is 30.6 Å². The van der Waals surface area contributed by atoms with Gasteiger partial charge in [0.05, 0.1) is 11.8 Å². The second-order valence-electron chi connectivity index (χ2n) is 5.95. The third-order valence-electron chi connectivity index (χ3n) is 4.12. The molecule has 2 aromatic rings. The molecular formula is C17H24N4OS. The lowest BCUT2D eigenvalue weighted by Gasteiger charge is -2.29. The maximum atomic E-state index is 9.50. The Morgan fingerprint density at radius 2 is 2.13 bits per heavy atom. The van der Waals surface area contributed by atoms with Crippen LogP contribution in [0, 0.1) is 0 Å². The second-order valence-corrected chi connectivity index (χ2v) is 7.07. The van der Waals surface area contributed by atoms with Crippen molar-refractivity contribution in [1.82, 2.24) is 20.2 Å². The van der Waals surface area contributed by atoms with Crippen LogP contribution in [0.2, 0.25) is 0 Å². The van der Waals surface area contributed by atoms with E-state index in [9.17, 15) is 5.11 Å². The molecule has 124 valence electrons. The molecule has 0 unspecified atom stereocenters. The lowest BCUT2D eigenvalue weighted by molar-refractivity contribution is 0.0821. The molecule has 2 N–H and O–H groups in total. The van der Waals surface area contributed by atoms with E-state index in [4.69, 9.17) is 0 Å². The molecule has 0 spiro atoms. The van der Waals surface area contributed by atoms with E-state index in [-0.39, 0.29) is 6.10 Å². The molecule has 0 bridgehead atoms. The maximum Gasteiger partial charge on any atom is 0.142 e. The van der Waals surface area contributed by atoms with Gasteiger partial charge >= 0.3 is 0 Å². The van der Waals surface area contributed by atoms with Gasteiger partial charge in [-0.25, -0.2) is 4.98 Å². The lowest BCUT2D eigenvalue weighted by atomic mass is 10.1. The van der Waals surface area contributed by atoms with Gasteiger partial charge in [-0.05, 0) is 44.5 Å². The summed E-state index contributed by atoms with van der Waals surface area (Å²) in [7, 11) is 0. The third kappa shape index (κ3) is 5.07. The van der Waals surface area contributed by atoms with Crippen molar-refractivity contribution in [2.24, 2.45) is 0 Å². The summed E-state index contributed by atoms with van der Waals surface area (Å²) in [6.07, 6.45) is 6.64. The van der Waals surface area contributed by atoms with Crippen LogP contribution in [0.4, 0.5) is 0 Å². The fraction of sp³-hybridized carbons (Fsp3) is 0.529. The molecule has 3 rings (SSSR count). The monoisotopic (exact) mass is 332 g/mol. The number of piperidine rings is 1. The highest BCUT2D eigenvalue weighted by Crippen LogP contribution is 2.22. The van der Waals surface area contributed by atoms with Crippen molar-refractivity contribution in [1.29, 1.82) is 0 Å². The van der Waals surface area contributed by atoms with E-state index in [1.54, 1.807) is 17.5 Å². The number of aromatic nitrogens is 2. The van der Waals surface area contributed by atoms with E-state index < -0.39 is 0 Å². The predicted molar refractivity (Wildman–Crippen MR) is 93.3 cm³/mol. The zero-order valence-electron chi connectivity index (χ0n) is 13.3. The molecule has 0 atom stereocenters. The zero-order valence-corrected chi connectivity index (χ0v) is 14.1. The number of likely N-dealkylation sites (tertiary alicyclic amines) is 1. The highest BCUT2D eigenvalue weighted by molar-refractivity contribution is 7.14. The largest absolute Gasteiger partial charge is 0.393 e. The van der Waals surface area contributed by atoms with Crippen LogP contribution in [0.25, 0.3) is 10.7 Å². The number of hydrogen-bond acceptors (Lipinski definition) is 6. The van der Waals surface area contributed by atoms with Crippen LogP contribution in [0.5, 0.6) is 0 Å². The highest BCUT2D eigenvalue weighted by Gasteiger charge is 2.15. The van der Waals surface area contributed by atoms with Crippen molar-refractivity contribution in [3.63, 3.8) is 0 Å². The molecule has 3 heterocycles. The number of aliphatic hydroxyl groups excluding tert-OH is 1. The number of hydrogen-bond donors (Lipinski definition) is 2. The van der Waals surface area contributed by atoms with Gasteiger partial charge in [0.25, 0.3) is 0 Å². The molecule has 1 saturated heterocycles. The third-order valence-corrected chi connectivity index (χ3v) is 5.14. The Bertz CT molecular complexity index is 581. The van der Waals surface area contributed by atoms with Gasteiger partial charge in [-0.15, -0.1) is 11.3 Å². The summed E-state index contributed by atoms with van der Waals surface area (Å²) >= 11 is 1.70. The topological polar surface area (TPSA) is 61.3 Å². The SMILES string of the molecule is OC1CCN(CCCNCc2cnc(-c3ccccn3)s2)CC1. The lowest BCUT2D eigenvalue weighted by Crippen LogP contribution is -2.37. The minimum atomic E-state index is -0.0796. The molecule has 23 heavy (non-hydrogen) atoms. The Labute approximate surface area is 141 Å². The van der Waals surface area contributed by atoms with Gasteiger partial charge in [0, 0.05) is 36.9 Å². The number of nitrogens with zero attached hydrogens (tertiary/aromatic N) is 3. The van der Waals surface area contributed by atoms with E-state index in [1.165, 1.54) is 4.88 Å². The number of rotatable bonds is 7. The Balaban J connectivity index is 1.34. The first kappa shape index (κ1) is 16.5. The summed E-state index contributed by atoms with van der Waals surface area (Å²) in [6, 6.07) is 5.90. The number of aliphatic hydroxyl groups is 1. The quantitative estimate of drug-likeness (QED) is 0.761. The molecule has 1 aliphatic rings. The molecule has 0 aromatic carbocycles. The van der Waals surface area contributed by atoms with Gasteiger partial charge in [-0.3, -0.25) is 4.98 Å². The molecular weight excluding hydrogens is 308 g/mol. The summed E-state index contributed by atoms with van der Waals surface area (Å²) in [6.45, 7) is 5.05. The zero-order chi connectivity index (χ0) is 15.9. The molecule has 2 aromatic heterocycles. The van der Waals surface area contributed by atoms with Crippen LogP contribution >= 0.6 is 11.3 Å². The normalized spacial score (nSPS) is 16.7. The van der Waals surface area contributed by atoms with Crippen molar-refractivity contribution >= 4 is 11.3 Å². The van der Waals surface area contributed by atoms with Gasteiger partial charge in [0.15, 0.2) is 0 Å². The second kappa shape index (κ2) is 8.49.